The average molecular weight is 235 g/mol. The van der Waals surface area contributed by atoms with Crippen molar-refractivity contribution >= 4 is 0 Å². The molecule has 0 amide bonds. The summed E-state index contributed by atoms with van der Waals surface area (Å²) in [5.41, 5.74) is 1.30. The quantitative estimate of drug-likeness (QED) is 0.850. The molecule has 2 rings (SSSR count). The summed E-state index contributed by atoms with van der Waals surface area (Å²) in [5, 5.41) is 7.97. The van der Waals surface area contributed by atoms with Crippen molar-refractivity contribution in [3.8, 4) is 0 Å². The number of aromatic nitrogens is 2. The fraction of sp³-hybridized carbons (Fsp3) is 0.786. The van der Waals surface area contributed by atoms with Crippen molar-refractivity contribution in [1.82, 2.24) is 15.1 Å². The summed E-state index contributed by atoms with van der Waals surface area (Å²) in [6, 6.07) is 2.75. The van der Waals surface area contributed by atoms with Gasteiger partial charge in [-0.25, -0.2) is 0 Å². The van der Waals surface area contributed by atoms with Crippen LogP contribution in [0.5, 0.6) is 0 Å². The Labute approximate surface area is 105 Å². The molecule has 0 aromatic carbocycles. The van der Waals surface area contributed by atoms with Crippen LogP contribution in [0.25, 0.3) is 0 Å². The van der Waals surface area contributed by atoms with Gasteiger partial charge in [-0.3, -0.25) is 4.68 Å². The molecule has 1 atom stereocenters. The number of hydrogen-bond acceptors (Lipinski definition) is 2. The van der Waals surface area contributed by atoms with Gasteiger partial charge in [-0.15, -0.1) is 0 Å². The lowest BCUT2D eigenvalue weighted by molar-refractivity contribution is 0.279. The average Bonchev–Trinajstić information content (AvgIpc) is 2.84. The predicted octanol–water partition coefficient (Wildman–Crippen LogP) is 2.96. The van der Waals surface area contributed by atoms with Gasteiger partial charge >= 0.3 is 0 Å². The van der Waals surface area contributed by atoms with Crippen LogP contribution in [0.1, 0.15) is 51.6 Å². The van der Waals surface area contributed by atoms with Crippen molar-refractivity contribution in [3.63, 3.8) is 0 Å². The summed E-state index contributed by atoms with van der Waals surface area (Å²) in [5.74, 6) is 0.877. The maximum absolute atomic E-state index is 4.30. The SMILES string of the molecule is CCn1nccc1CN[C@H](C)C1CCCCC1. The van der Waals surface area contributed by atoms with E-state index in [1.165, 1.54) is 37.8 Å². The molecule has 1 aromatic rings. The molecule has 1 saturated carbocycles. The summed E-state index contributed by atoms with van der Waals surface area (Å²) < 4.78 is 2.07. The molecule has 1 aromatic heterocycles. The first-order valence-electron chi connectivity index (χ1n) is 7.05. The van der Waals surface area contributed by atoms with Gasteiger partial charge in [0.1, 0.15) is 0 Å². The van der Waals surface area contributed by atoms with Crippen LogP contribution < -0.4 is 5.32 Å². The summed E-state index contributed by atoms with van der Waals surface area (Å²) in [6.07, 6.45) is 8.98. The van der Waals surface area contributed by atoms with E-state index >= 15 is 0 Å². The first kappa shape index (κ1) is 12.6. The molecule has 1 heterocycles. The maximum atomic E-state index is 4.30. The first-order valence-corrected chi connectivity index (χ1v) is 7.05. The molecule has 3 heteroatoms. The zero-order valence-corrected chi connectivity index (χ0v) is 11.2. The van der Waals surface area contributed by atoms with Crippen molar-refractivity contribution in [2.45, 2.75) is 65.1 Å². The number of aryl methyl sites for hydroxylation is 1. The lowest BCUT2D eigenvalue weighted by Gasteiger charge is -2.28. The predicted molar refractivity (Wildman–Crippen MR) is 70.8 cm³/mol. The summed E-state index contributed by atoms with van der Waals surface area (Å²) >= 11 is 0. The Morgan fingerprint density at radius 3 is 2.88 bits per heavy atom. The molecule has 3 nitrogen and oxygen atoms in total. The van der Waals surface area contributed by atoms with E-state index in [0.29, 0.717) is 6.04 Å². The molecule has 1 fully saturated rings. The Hall–Kier alpha value is -0.830. The molecule has 1 aliphatic rings. The normalized spacial score (nSPS) is 19.4. The van der Waals surface area contributed by atoms with E-state index in [9.17, 15) is 0 Å². The third kappa shape index (κ3) is 3.32. The second kappa shape index (κ2) is 6.20. The highest BCUT2D eigenvalue weighted by Crippen LogP contribution is 2.26. The highest BCUT2D eigenvalue weighted by Gasteiger charge is 2.19. The van der Waals surface area contributed by atoms with Crippen LogP contribution in [0.2, 0.25) is 0 Å². The largest absolute Gasteiger partial charge is 0.308 e. The van der Waals surface area contributed by atoms with Crippen molar-refractivity contribution < 1.29 is 0 Å². The Kier molecular flexibility index (Phi) is 4.60. The zero-order chi connectivity index (χ0) is 12.1. The molecule has 96 valence electrons. The van der Waals surface area contributed by atoms with Crippen LogP contribution in [0.3, 0.4) is 0 Å². The van der Waals surface area contributed by atoms with Crippen molar-refractivity contribution in [2.75, 3.05) is 0 Å². The van der Waals surface area contributed by atoms with E-state index in [4.69, 9.17) is 0 Å². The second-order valence-electron chi connectivity index (χ2n) is 5.21. The number of nitrogens with zero attached hydrogens (tertiary/aromatic N) is 2. The Morgan fingerprint density at radius 2 is 2.18 bits per heavy atom. The summed E-state index contributed by atoms with van der Waals surface area (Å²) in [4.78, 5) is 0. The third-order valence-corrected chi connectivity index (χ3v) is 4.07. The van der Waals surface area contributed by atoms with E-state index in [-0.39, 0.29) is 0 Å². The standard InChI is InChI=1S/C14H25N3/c1-3-17-14(9-10-16-17)11-15-12(2)13-7-5-4-6-8-13/h9-10,12-13,15H,3-8,11H2,1-2H3/t12-/m1/s1. The molecule has 0 aliphatic heterocycles. The lowest BCUT2D eigenvalue weighted by Crippen LogP contribution is -2.34. The molecule has 17 heavy (non-hydrogen) atoms. The third-order valence-electron chi connectivity index (χ3n) is 4.07. The minimum absolute atomic E-state index is 0.635. The van der Waals surface area contributed by atoms with E-state index in [1.807, 2.05) is 6.20 Å². The Bertz CT molecular complexity index is 326. The summed E-state index contributed by atoms with van der Waals surface area (Å²) in [7, 11) is 0. The van der Waals surface area contributed by atoms with Gasteiger partial charge in [-0.05, 0) is 38.7 Å². The topological polar surface area (TPSA) is 29.9 Å². The van der Waals surface area contributed by atoms with Gasteiger partial charge in [0, 0.05) is 25.3 Å². The molecule has 0 radical (unpaired) electrons. The first-order chi connectivity index (χ1) is 8.31. The second-order valence-corrected chi connectivity index (χ2v) is 5.21. The van der Waals surface area contributed by atoms with Crippen molar-refractivity contribution in [3.05, 3.63) is 18.0 Å². The lowest BCUT2D eigenvalue weighted by atomic mass is 9.84. The highest BCUT2D eigenvalue weighted by atomic mass is 15.3. The molecule has 0 saturated heterocycles. The monoisotopic (exact) mass is 235 g/mol. The minimum Gasteiger partial charge on any atom is -0.308 e. The van der Waals surface area contributed by atoms with Crippen LogP contribution in [0.4, 0.5) is 0 Å². The molecular weight excluding hydrogens is 210 g/mol. The van der Waals surface area contributed by atoms with Crippen LogP contribution in [0.15, 0.2) is 12.3 Å². The van der Waals surface area contributed by atoms with Gasteiger partial charge in [-0.1, -0.05) is 19.3 Å². The number of rotatable bonds is 5. The molecular formula is C14H25N3. The highest BCUT2D eigenvalue weighted by molar-refractivity contribution is 5.00. The Balaban J connectivity index is 1.80. The molecule has 0 unspecified atom stereocenters. The van der Waals surface area contributed by atoms with E-state index in [2.05, 4.69) is 35.0 Å². The number of nitrogens with one attached hydrogen (secondary N) is 1. The van der Waals surface area contributed by atoms with Crippen LogP contribution in [-0.2, 0) is 13.1 Å². The molecule has 1 N–H and O–H groups in total. The molecule has 1 aliphatic carbocycles. The molecule has 0 bridgehead atoms. The smallest absolute Gasteiger partial charge is 0.0522 e. The van der Waals surface area contributed by atoms with Crippen molar-refractivity contribution in [1.29, 1.82) is 0 Å². The van der Waals surface area contributed by atoms with Gasteiger partial charge in [0.05, 0.1) is 5.69 Å². The maximum Gasteiger partial charge on any atom is 0.0522 e. The fourth-order valence-electron chi connectivity index (χ4n) is 2.86. The summed E-state index contributed by atoms with van der Waals surface area (Å²) in [6.45, 7) is 6.39. The zero-order valence-electron chi connectivity index (χ0n) is 11.2. The van der Waals surface area contributed by atoms with Gasteiger partial charge in [0.25, 0.3) is 0 Å². The number of hydrogen-bond donors (Lipinski definition) is 1. The van der Waals surface area contributed by atoms with E-state index < -0.39 is 0 Å². The van der Waals surface area contributed by atoms with Gasteiger partial charge in [0.2, 0.25) is 0 Å². The Morgan fingerprint density at radius 1 is 1.41 bits per heavy atom. The van der Waals surface area contributed by atoms with Crippen LogP contribution in [0, 0.1) is 5.92 Å². The minimum atomic E-state index is 0.635. The molecule has 0 spiro atoms. The van der Waals surface area contributed by atoms with Gasteiger partial charge in [-0.2, -0.15) is 5.10 Å². The van der Waals surface area contributed by atoms with E-state index in [1.54, 1.807) is 0 Å². The van der Waals surface area contributed by atoms with Crippen LogP contribution in [-0.4, -0.2) is 15.8 Å². The van der Waals surface area contributed by atoms with Gasteiger partial charge in [0.15, 0.2) is 0 Å². The van der Waals surface area contributed by atoms with E-state index in [0.717, 1.165) is 19.0 Å². The van der Waals surface area contributed by atoms with Crippen molar-refractivity contribution in [2.24, 2.45) is 5.92 Å². The van der Waals surface area contributed by atoms with Crippen LogP contribution >= 0.6 is 0 Å². The van der Waals surface area contributed by atoms with Gasteiger partial charge < -0.3 is 5.32 Å². The fourth-order valence-corrected chi connectivity index (χ4v) is 2.86.